The highest BCUT2D eigenvalue weighted by molar-refractivity contribution is 7.21. The maximum Gasteiger partial charge on any atom is 0.124 e. The van der Waals surface area contributed by atoms with E-state index in [2.05, 4.69) is 37.0 Å². The summed E-state index contributed by atoms with van der Waals surface area (Å²) in [6.45, 7) is 4.23. The van der Waals surface area contributed by atoms with Gasteiger partial charge in [-0.25, -0.2) is 4.98 Å². The van der Waals surface area contributed by atoms with E-state index in [1.54, 1.807) is 11.3 Å². The van der Waals surface area contributed by atoms with Gasteiger partial charge in [0.25, 0.3) is 0 Å². The number of rotatable bonds is 1. The number of nitrogens with two attached hydrogens (primary N) is 1. The molecule has 0 aliphatic carbocycles. The minimum atomic E-state index is 0.790. The maximum absolute atomic E-state index is 5.80. The van der Waals surface area contributed by atoms with E-state index in [4.69, 9.17) is 5.73 Å². The molecule has 0 saturated carbocycles. The van der Waals surface area contributed by atoms with E-state index < -0.39 is 0 Å². The summed E-state index contributed by atoms with van der Waals surface area (Å²) < 4.78 is 1.14. The Morgan fingerprint density at radius 1 is 1.06 bits per heavy atom. The molecule has 2 nitrogen and oxygen atoms in total. The molecule has 2 aromatic carbocycles. The summed E-state index contributed by atoms with van der Waals surface area (Å²) in [7, 11) is 0. The first-order chi connectivity index (χ1) is 8.63. The molecule has 0 amide bonds. The van der Waals surface area contributed by atoms with E-state index in [-0.39, 0.29) is 0 Å². The van der Waals surface area contributed by atoms with Crippen molar-refractivity contribution >= 4 is 27.2 Å². The molecule has 1 aromatic heterocycles. The number of hydrogen-bond donors (Lipinski definition) is 1. The van der Waals surface area contributed by atoms with E-state index in [0.29, 0.717) is 0 Å². The molecule has 0 atom stereocenters. The van der Waals surface area contributed by atoms with Gasteiger partial charge in [-0.3, -0.25) is 0 Å². The van der Waals surface area contributed by atoms with Gasteiger partial charge in [-0.05, 0) is 43.7 Å². The number of aryl methyl sites for hydroxylation is 2. The third-order valence-electron chi connectivity index (χ3n) is 3.04. The fourth-order valence-corrected chi connectivity index (χ4v) is 3.12. The van der Waals surface area contributed by atoms with Crippen LogP contribution in [0.5, 0.6) is 0 Å². The Hall–Kier alpha value is -1.87. The van der Waals surface area contributed by atoms with E-state index >= 15 is 0 Å². The van der Waals surface area contributed by atoms with E-state index in [1.165, 1.54) is 16.7 Å². The van der Waals surface area contributed by atoms with Crippen molar-refractivity contribution in [3.05, 3.63) is 47.5 Å². The molecule has 0 saturated heterocycles. The minimum Gasteiger partial charge on any atom is -0.399 e. The number of fused-ring (bicyclic) bond motifs is 1. The summed E-state index contributed by atoms with van der Waals surface area (Å²) in [5.41, 5.74) is 11.3. The van der Waals surface area contributed by atoms with Crippen LogP contribution in [-0.4, -0.2) is 4.98 Å². The smallest absolute Gasteiger partial charge is 0.124 e. The van der Waals surface area contributed by atoms with Gasteiger partial charge in [-0.2, -0.15) is 0 Å². The Morgan fingerprint density at radius 2 is 1.89 bits per heavy atom. The van der Waals surface area contributed by atoms with Crippen molar-refractivity contribution < 1.29 is 0 Å². The predicted molar refractivity (Wildman–Crippen MR) is 78.9 cm³/mol. The van der Waals surface area contributed by atoms with Crippen LogP contribution in [-0.2, 0) is 0 Å². The minimum absolute atomic E-state index is 0.790. The maximum atomic E-state index is 5.80. The number of hydrogen-bond acceptors (Lipinski definition) is 3. The van der Waals surface area contributed by atoms with Crippen LogP contribution in [0.4, 0.5) is 5.69 Å². The second-order valence-electron chi connectivity index (χ2n) is 4.56. The van der Waals surface area contributed by atoms with Crippen LogP contribution in [0.2, 0.25) is 0 Å². The average Bonchev–Trinajstić information content (AvgIpc) is 2.74. The lowest BCUT2D eigenvalue weighted by molar-refractivity contribution is 1.37. The number of thiazole rings is 1. The van der Waals surface area contributed by atoms with Crippen LogP contribution in [0, 0.1) is 13.8 Å². The van der Waals surface area contributed by atoms with Crippen LogP contribution in [0.1, 0.15) is 11.1 Å². The average molecular weight is 254 g/mol. The second kappa shape index (κ2) is 4.10. The number of nitrogens with zero attached hydrogens (tertiary/aromatic N) is 1. The van der Waals surface area contributed by atoms with E-state index in [9.17, 15) is 0 Å². The summed E-state index contributed by atoms with van der Waals surface area (Å²) >= 11 is 1.70. The van der Waals surface area contributed by atoms with Gasteiger partial charge in [-0.1, -0.05) is 17.7 Å². The molecule has 0 spiro atoms. The largest absolute Gasteiger partial charge is 0.399 e. The molecule has 0 unspecified atom stereocenters. The summed E-state index contributed by atoms with van der Waals surface area (Å²) in [6, 6.07) is 12.3. The highest BCUT2D eigenvalue weighted by Gasteiger charge is 2.09. The highest BCUT2D eigenvalue weighted by atomic mass is 32.1. The van der Waals surface area contributed by atoms with Crippen molar-refractivity contribution in [2.75, 3.05) is 5.73 Å². The summed E-state index contributed by atoms with van der Waals surface area (Å²) in [4.78, 5) is 4.69. The van der Waals surface area contributed by atoms with Gasteiger partial charge in [0.05, 0.1) is 10.2 Å². The van der Waals surface area contributed by atoms with Crippen LogP contribution in [0.15, 0.2) is 36.4 Å². The Kier molecular flexibility index (Phi) is 2.56. The first-order valence-corrected chi connectivity index (χ1v) is 6.69. The lowest BCUT2D eigenvalue weighted by Gasteiger charge is -2.02. The molecule has 0 aliphatic heterocycles. The molecule has 1 heterocycles. The van der Waals surface area contributed by atoms with Gasteiger partial charge in [0.15, 0.2) is 0 Å². The zero-order valence-corrected chi connectivity index (χ0v) is 11.2. The zero-order valence-electron chi connectivity index (χ0n) is 10.4. The lowest BCUT2D eigenvalue weighted by Crippen LogP contribution is -1.83. The van der Waals surface area contributed by atoms with Gasteiger partial charge in [-0.15, -0.1) is 11.3 Å². The van der Waals surface area contributed by atoms with Gasteiger partial charge >= 0.3 is 0 Å². The lowest BCUT2D eigenvalue weighted by atomic mass is 10.1. The van der Waals surface area contributed by atoms with Gasteiger partial charge in [0.1, 0.15) is 5.01 Å². The molecule has 3 rings (SSSR count). The van der Waals surface area contributed by atoms with Crippen molar-refractivity contribution in [2.24, 2.45) is 0 Å². The number of benzene rings is 2. The van der Waals surface area contributed by atoms with Crippen LogP contribution in [0.25, 0.3) is 20.8 Å². The standard InChI is InChI=1S/C15H14N2S/c1-9-3-4-10(2)12(7-9)15-17-13-6-5-11(16)8-14(13)18-15/h3-8H,16H2,1-2H3. The predicted octanol–water partition coefficient (Wildman–Crippen LogP) is 4.16. The fourth-order valence-electron chi connectivity index (χ4n) is 2.02. The van der Waals surface area contributed by atoms with E-state index in [0.717, 1.165) is 20.9 Å². The Bertz CT molecular complexity index is 728. The van der Waals surface area contributed by atoms with Crippen LogP contribution in [0.3, 0.4) is 0 Å². The summed E-state index contributed by atoms with van der Waals surface area (Å²) in [6.07, 6.45) is 0. The fraction of sp³-hybridized carbons (Fsp3) is 0.133. The van der Waals surface area contributed by atoms with E-state index in [1.807, 2.05) is 18.2 Å². The van der Waals surface area contributed by atoms with Crippen LogP contribution < -0.4 is 5.73 Å². The monoisotopic (exact) mass is 254 g/mol. The van der Waals surface area contributed by atoms with Crippen molar-refractivity contribution in [2.45, 2.75) is 13.8 Å². The quantitative estimate of drug-likeness (QED) is 0.662. The van der Waals surface area contributed by atoms with Crippen molar-refractivity contribution in [1.29, 1.82) is 0 Å². The number of aromatic nitrogens is 1. The molecule has 0 fully saturated rings. The molecule has 3 aromatic rings. The molecule has 0 bridgehead atoms. The third-order valence-corrected chi connectivity index (χ3v) is 4.09. The first kappa shape index (κ1) is 11.2. The molecule has 2 N–H and O–H groups in total. The molecule has 90 valence electrons. The molecule has 3 heteroatoms. The summed E-state index contributed by atoms with van der Waals surface area (Å²) in [5.74, 6) is 0. The number of nitrogen functional groups attached to an aromatic ring is 1. The number of anilines is 1. The van der Waals surface area contributed by atoms with Crippen molar-refractivity contribution in [3.8, 4) is 10.6 Å². The Morgan fingerprint density at radius 3 is 2.72 bits per heavy atom. The topological polar surface area (TPSA) is 38.9 Å². The third kappa shape index (κ3) is 1.87. The first-order valence-electron chi connectivity index (χ1n) is 5.87. The second-order valence-corrected chi connectivity index (χ2v) is 5.60. The highest BCUT2D eigenvalue weighted by Crippen LogP contribution is 2.33. The zero-order chi connectivity index (χ0) is 12.7. The van der Waals surface area contributed by atoms with Gasteiger partial charge in [0, 0.05) is 11.3 Å². The van der Waals surface area contributed by atoms with Crippen molar-refractivity contribution in [3.63, 3.8) is 0 Å². The molecular weight excluding hydrogens is 240 g/mol. The Labute approximate surface area is 110 Å². The molecule has 0 aliphatic rings. The van der Waals surface area contributed by atoms with Gasteiger partial charge < -0.3 is 5.73 Å². The molecular formula is C15H14N2S. The SMILES string of the molecule is Cc1ccc(C)c(-c2nc3ccc(N)cc3s2)c1. The normalized spacial score (nSPS) is 11.0. The summed E-state index contributed by atoms with van der Waals surface area (Å²) in [5, 5.41) is 1.07. The van der Waals surface area contributed by atoms with Gasteiger partial charge in [0.2, 0.25) is 0 Å². The molecule has 18 heavy (non-hydrogen) atoms. The Balaban J connectivity index is 2.22. The molecule has 0 radical (unpaired) electrons. The van der Waals surface area contributed by atoms with Crippen LogP contribution >= 0.6 is 11.3 Å². The van der Waals surface area contributed by atoms with Crippen molar-refractivity contribution in [1.82, 2.24) is 4.98 Å².